The highest BCUT2D eigenvalue weighted by Crippen LogP contribution is 2.48. The minimum atomic E-state index is -3.63. The molecule has 0 bridgehead atoms. The molecule has 4 aliphatic rings. The number of esters is 1. The van der Waals surface area contributed by atoms with Crippen molar-refractivity contribution in [1.29, 1.82) is 0 Å². The standard InChI is InChI=1S/C37H44ClN3O6S/c1-45-34(25-6-3-8-29(19-25)48(43,44)36-39-16-5-17-40-36)30-12-9-27(30)21-41-22-37(15-4-7-24-18-28(38)11-13-31(24)37)23-47-33-14-10-26(20-32(33)41)35(42)46-2/h5,10-11,13-14,16-18,20,25,27,29-30,34H,3-4,6-9,12,15,19,21-23H2,1-2H3/t25-,27-,29-,30+,34+,37-/m0/s1. The number of carbonyl (C=O) groups is 1. The van der Waals surface area contributed by atoms with E-state index in [9.17, 15) is 13.2 Å². The van der Waals surface area contributed by atoms with Gasteiger partial charge in [-0.15, -0.1) is 0 Å². The SMILES string of the molecule is COC(=O)c1ccc2c(c1)N(C[C@@H]1CC[C@H]1[C@H](OC)[C@H]1CCC[C@H](S(=O)(=O)c3ncccn3)C1)C[C@@]1(CCCc3cc(Cl)ccc31)CO2. The molecule has 6 atom stereocenters. The fourth-order valence-electron chi connectivity index (χ4n) is 8.96. The molecule has 1 aliphatic heterocycles. The minimum absolute atomic E-state index is 0.0472. The molecule has 0 amide bonds. The van der Waals surface area contributed by atoms with Gasteiger partial charge in [0.25, 0.3) is 0 Å². The Labute approximate surface area is 288 Å². The minimum Gasteiger partial charge on any atom is -0.490 e. The Morgan fingerprint density at radius 1 is 1.08 bits per heavy atom. The summed E-state index contributed by atoms with van der Waals surface area (Å²) in [7, 11) is -0.452. The van der Waals surface area contributed by atoms with E-state index in [-0.39, 0.29) is 28.6 Å². The Hall–Kier alpha value is -3.21. The lowest BCUT2D eigenvalue weighted by Gasteiger charge is -2.48. The van der Waals surface area contributed by atoms with Gasteiger partial charge >= 0.3 is 5.97 Å². The van der Waals surface area contributed by atoms with Gasteiger partial charge in [0, 0.05) is 43.0 Å². The van der Waals surface area contributed by atoms with E-state index >= 15 is 0 Å². The molecule has 2 saturated carbocycles. The van der Waals surface area contributed by atoms with Crippen LogP contribution in [0.4, 0.5) is 5.69 Å². The summed E-state index contributed by atoms with van der Waals surface area (Å²) in [5.74, 6) is 1.15. The maximum absolute atomic E-state index is 13.5. The highest BCUT2D eigenvalue weighted by molar-refractivity contribution is 7.91. The number of aromatic nitrogens is 2. The Balaban J connectivity index is 1.16. The third-order valence-corrected chi connectivity index (χ3v) is 13.7. The predicted octanol–water partition coefficient (Wildman–Crippen LogP) is 6.46. The first kappa shape index (κ1) is 33.3. The normalized spacial score (nSPS) is 27.5. The number of hydrogen-bond acceptors (Lipinski definition) is 9. The molecule has 11 heteroatoms. The molecular formula is C37H44ClN3O6S. The van der Waals surface area contributed by atoms with Gasteiger partial charge in [0.15, 0.2) is 0 Å². The monoisotopic (exact) mass is 693 g/mol. The summed E-state index contributed by atoms with van der Waals surface area (Å²) in [6, 6.07) is 13.5. The molecule has 2 fully saturated rings. The molecular weight excluding hydrogens is 650 g/mol. The van der Waals surface area contributed by atoms with Crippen LogP contribution in [0.1, 0.15) is 72.9 Å². The van der Waals surface area contributed by atoms with E-state index in [1.165, 1.54) is 30.6 Å². The van der Waals surface area contributed by atoms with Crippen LogP contribution in [-0.2, 0) is 31.1 Å². The Morgan fingerprint density at radius 2 is 1.92 bits per heavy atom. The second kappa shape index (κ2) is 13.6. The Bertz CT molecular complexity index is 1760. The molecule has 0 N–H and O–H groups in total. The van der Waals surface area contributed by atoms with Crippen LogP contribution in [0.2, 0.25) is 5.02 Å². The van der Waals surface area contributed by atoms with Crippen LogP contribution in [-0.4, -0.2) is 69.6 Å². The zero-order valence-electron chi connectivity index (χ0n) is 27.6. The van der Waals surface area contributed by atoms with Crippen molar-refractivity contribution >= 4 is 33.1 Å². The third kappa shape index (κ3) is 6.20. The summed E-state index contributed by atoms with van der Waals surface area (Å²) in [5.41, 5.74) is 3.74. The molecule has 0 radical (unpaired) electrons. The van der Waals surface area contributed by atoms with Gasteiger partial charge in [-0.2, -0.15) is 0 Å². The summed E-state index contributed by atoms with van der Waals surface area (Å²) in [6.45, 7) is 2.07. The van der Waals surface area contributed by atoms with Gasteiger partial charge in [0.1, 0.15) is 5.75 Å². The Kier molecular flexibility index (Phi) is 9.43. The summed E-state index contributed by atoms with van der Waals surface area (Å²) < 4.78 is 45.0. The molecule has 2 aromatic carbocycles. The number of carbonyl (C=O) groups excluding carboxylic acids is 1. The number of benzene rings is 2. The van der Waals surface area contributed by atoms with Crippen molar-refractivity contribution in [2.75, 3.05) is 38.8 Å². The van der Waals surface area contributed by atoms with Crippen molar-refractivity contribution in [2.24, 2.45) is 17.8 Å². The van der Waals surface area contributed by atoms with Crippen LogP contribution < -0.4 is 9.64 Å². The van der Waals surface area contributed by atoms with Crippen LogP contribution in [0.15, 0.2) is 60.0 Å². The molecule has 3 aromatic rings. The average molecular weight is 694 g/mol. The molecule has 9 nitrogen and oxygen atoms in total. The van der Waals surface area contributed by atoms with Crippen molar-refractivity contribution in [3.05, 3.63) is 76.6 Å². The lowest BCUT2D eigenvalue weighted by Crippen LogP contribution is -2.51. The largest absolute Gasteiger partial charge is 0.490 e. The number of ether oxygens (including phenoxy) is 3. The molecule has 3 aliphatic carbocycles. The second-order valence-corrected chi connectivity index (χ2v) is 16.7. The van der Waals surface area contributed by atoms with Crippen molar-refractivity contribution in [3.8, 4) is 5.75 Å². The summed E-state index contributed by atoms with van der Waals surface area (Å²) >= 11 is 6.45. The summed E-state index contributed by atoms with van der Waals surface area (Å²) in [6.07, 6.45) is 11.0. The molecule has 0 saturated heterocycles. The van der Waals surface area contributed by atoms with E-state index in [0.29, 0.717) is 36.8 Å². The fourth-order valence-corrected chi connectivity index (χ4v) is 10.8. The number of rotatable bonds is 8. The highest BCUT2D eigenvalue weighted by atomic mass is 35.5. The first-order valence-corrected chi connectivity index (χ1v) is 19.1. The quantitative estimate of drug-likeness (QED) is 0.194. The molecule has 0 unspecified atom stereocenters. The number of fused-ring (bicyclic) bond motifs is 3. The van der Waals surface area contributed by atoms with Crippen molar-refractivity contribution in [1.82, 2.24) is 9.97 Å². The summed E-state index contributed by atoms with van der Waals surface area (Å²) in [4.78, 5) is 23.2. The van der Waals surface area contributed by atoms with Gasteiger partial charge in [-0.25, -0.2) is 23.2 Å². The van der Waals surface area contributed by atoms with E-state index < -0.39 is 15.1 Å². The van der Waals surface area contributed by atoms with E-state index in [4.69, 9.17) is 25.8 Å². The van der Waals surface area contributed by atoms with Gasteiger partial charge in [-0.05, 0) is 117 Å². The highest BCUT2D eigenvalue weighted by Gasteiger charge is 2.47. The lowest BCUT2D eigenvalue weighted by molar-refractivity contribution is -0.0589. The fraction of sp³-hybridized carbons (Fsp3) is 0.541. The summed E-state index contributed by atoms with van der Waals surface area (Å²) in [5, 5.41) is 0.154. The van der Waals surface area contributed by atoms with E-state index in [0.717, 1.165) is 74.5 Å². The van der Waals surface area contributed by atoms with Crippen molar-refractivity contribution < 1.29 is 27.4 Å². The molecule has 256 valence electrons. The predicted molar refractivity (Wildman–Crippen MR) is 184 cm³/mol. The second-order valence-electron chi connectivity index (χ2n) is 14.1. The van der Waals surface area contributed by atoms with Crippen LogP contribution in [0.3, 0.4) is 0 Å². The number of sulfone groups is 1. The van der Waals surface area contributed by atoms with Crippen molar-refractivity contribution in [2.45, 2.75) is 79.7 Å². The first-order chi connectivity index (χ1) is 23.2. The smallest absolute Gasteiger partial charge is 0.337 e. The number of anilines is 1. The van der Waals surface area contributed by atoms with Gasteiger partial charge in [-0.3, -0.25) is 0 Å². The molecule has 48 heavy (non-hydrogen) atoms. The number of nitrogens with zero attached hydrogens (tertiary/aromatic N) is 3. The van der Waals surface area contributed by atoms with E-state index in [2.05, 4.69) is 27.0 Å². The molecule has 1 spiro atoms. The van der Waals surface area contributed by atoms with Gasteiger partial charge < -0.3 is 19.1 Å². The zero-order valence-corrected chi connectivity index (χ0v) is 29.2. The first-order valence-electron chi connectivity index (χ1n) is 17.1. The zero-order chi connectivity index (χ0) is 33.5. The van der Waals surface area contributed by atoms with Crippen LogP contribution in [0.5, 0.6) is 5.75 Å². The Morgan fingerprint density at radius 3 is 2.67 bits per heavy atom. The number of halogens is 1. The number of aryl methyl sites for hydroxylation is 1. The molecule has 2 heterocycles. The van der Waals surface area contributed by atoms with Gasteiger partial charge in [0.2, 0.25) is 15.0 Å². The van der Waals surface area contributed by atoms with Crippen LogP contribution in [0, 0.1) is 17.8 Å². The van der Waals surface area contributed by atoms with Crippen LogP contribution in [0.25, 0.3) is 0 Å². The number of hydrogen-bond donors (Lipinski definition) is 0. The van der Waals surface area contributed by atoms with Gasteiger partial charge in [0.05, 0.1) is 36.3 Å². The topological polar surface area (TPSA) is 108 Å². The average Bonchev–Trinajstić information content (AvgIpc) is 3.25. The van der Waals surface area contributed by atoms with E-state index in [1.807, 2.05) is 18.2 Å². The third-order valence-electron chi connectivity index (χ3n) is 11.5. The maximum atomic E-state index is 13.5. The van der Waals surface area contributed by atoms with E-state index in [1.54, 1.807) is 19.2 Å². The number of methoxy groups -OCH3 is 2. The van der Waals surface area contributed by atoms with Crippen LogP contribution >= 0.6 is 11.6 Å². The molecule has 1 aromatic heterocycles. The van der Waals surface area contributed by atoms with Crippen molar-refractivity contribution in [3.63, 3.8) is 0 Å². The lowest BCUT2D eigenvalue weighted by atomic mass is 9.65. The maximum Gasteiger partial charge on any atom is 0.337 e. The van der Waals surface area contributed by atoms with Gasteiger partial charge in [-0.1, -0.05) is 24.1 Å². The molecule has 7 rings (SSSR count).